The van der Waals surface area contributed by atoms with Crippen LogP contribution in [0.5, 0.6) is 0 Å². The van der Waals surface area contributed by atoms with E-state index in [1.165, 1.54) is 12.1 Å². The van der Waals surface area contributed by atoms with Gasteiger partial charge in [0.2, 0.25) is 0 Å². The Hall–Kier alpha value is -3.04. The molecule has 0 spiro atoms. The van der Waals surface area contributed by atoms with Crippen LogP contribution in [0.1, 0.15) is 29.8 Å². The van der Waals surface area contributed by atoms with Gasteiger partial charge >= 0.3 is 5.97 Å². The van der Waals surface area contributed by atoms with Crippen molar-refractivity contribution in [2.24, 2.45) is 0 Å². The van der Waals surface area contributed by atoms with Gasteiger partial charge in [-0.05, 0) is 56.3 Å². The molecule has 0 radical (unpaired) electrons. The van der Waals surface area contributed by atoms with E-state index in [2.05, 4.69) is 24.1 Å². The van der Waals surface area contributed by atoms with Gasteiger partial charge in [0.1, 0.15) is 6.07 Å². The summed E-state index contributed by atoms with van der Waals surface area (Å²) < 4.78 is 5.04. The number of amides is 1. The largest absolute Gasteiger partial charge is 0.452 e. The number of nitrogens with zero attached hydrogens (tertiary/aromatic N) is 2. The first-order chi connectivity index (χ1) is 13.0. The second-order valence-electron chi connectivity index (χ2n) is 5.65. The number of rotatable bonds is 7. The van der Waals surface area contributed by atoms with Crippen LogP contribution in [0.3, 0.4) is 0 Å². The molecule has 2 aromatic carbocycles. The SMILES string of the molecule is CCN(CC)c1ccc(C(=O)OCC(=O)Nc2ccc(C#N)c(Cl)c2)cc1. The van der Waals surface area contributed by atoms with Crippen molar-refractivity contribution < 1.29 is 14.3 Å². The highest BCUT2D eigenvalue weighted by Gasteiger charge is 2.12. The highest BCUT2D eigenvalue weighted by atomic mass is 35.5. The lowest BCUT2D eigenvalue weighted by molar-refractivity contribution is -0.119. The number of ether oxygens (including phenoxy) is 1. The van der Waals surface area contributed by atoms with E-state index < -0.39 is 18.5 Å². The number of carbonyl (C=O) groups excluding carboxylic acids is 2. The zero-order valence-corrected chi connectivity index (χ0v) is 15.9. The standard InChI is InChI=1S/C20H20ClN3O3/c1-3-24(4-2)17-9-6-14(7-10-17)20(26)27-13-19(25)23-16-8-5-15(12-22)18(21)11-16/h5-11H,3-4,13H2,1-2H3,(H,23,25). The van der Waals surface area contributed by atoms with E-state index >= 15 is 0 Å². The van der Waals surface area contributed by atoms with Crippen LogP contribution in [0.2, 0.25) is 5.02 Å². The Bertz CT molecular complexity index is 856. The molecule has 0 aromatic heterocycles. The third-order valence-electron chi connectivity index (χ3n) is 3.94. The Balaban J connectivity index is 1.90. The zero-order chi connectivity index (χ0) is 19.8. The molecule has 2 rings (SSSR count). The summed E-state index contributed by atoms with van der Waals surface area (Å²) >= 11 is 5.91. The number of halogens is 1. The van der Waals surface area contributed by atoms with Gasteiger partial charge in [0.15, 0.2) is 6.61 Å². The van der Waals surface area contributed by atoms with Gasteiger partial charge in [-0.3, -0.25) is 4.79 Å². The smallest absolute Gasteiger partial charge is 0.338 e. The predicted molar refractivity (Wildman–Crippen MR) is 105 cm³/mol. The summed E-state index contributed by atoms with van der Waals surface area (Å²) in [6.07, 6.45) is 0. The van der Waals surface area contributed by atoms with Crippen LogP contribution in [0.4, 0.5) is 11.4 Å². The lowest BCUT2D eigenvalue weighted by atomic mass is 10.2. The number of benzene rings is 2. The molecule has 0 aliphatic rings. The quantitative estimate of drug-likeness (QED) is 0.732. The van der Waals surface area contributed by atoms with Gasteiger partial charge < -0.3 is 15.0 Å². The van der Waals surface area contributed by atoms with Crippen molar-refractivity contribution in [3.8, 4) is 6.07 Å². The number of hydrogen-bond donors (Lipinski definition) is 1. The van der Waals surface area contributed by atoms with Crippen molar-refractivity contribution in [1.82, 2.24) is 0 Å². The van der Waals surface area contributed by atoms with E-state index in [1.807, 2.05) is 18.2 Å². The predicted octanol–water partition coefficient (Wildman–Crippen LogP) is 3.85. The minimum Gasteiger partial charge on any atom is -0.452 e. The van der Waals surface area contributed by atoms with Crippen LogP contribution in [0.15, 0.2) is 42.5 Å². The van der Waals surface area contributed by atoms with Crippen LogP contribution >= 0.6 is 11.6 Å². The molecule has 6 nitrogen and oxygen atoms in total. The van der Waals surface area contributed by atoms with Crippen LogP contribution < -0.4 is 10.2 Å². The normalized spacial score (nSPS) is 10.0. The van der Waals surface area contributed by atoms with Crippen LogP contribution in [-0.2, 0) is 9.53 Å². The Morgan fingerprint density at radius 3 is 2.37 bits per heavy atom. The van der Waals surface area contributed by atoms with Gasteiger partial charge in [-0.1, -0.05) is 11.6 Å². The van der Waals surface area contributed by atoms with Gasteiger partial charge in [0.25, 0.3) is 5.91 Å². The molecule has 1 N–H and O–H groups in total. The summed E-state index contributed by atoms with van der Waals surface area (Å²) in [7, 11) is 0. The highest BCUT2D eigenvalue weighted by Crippen LogP contribution is 2.20. The molecular weight excluding hydrogens is 366 g/mol. The van der Waals surface area contributed by atoms with Crippen molar-refractivity contribution in [3.63, 3.8) is 0 Å². The van der Waals surface area contributed by atoms with E-state index in [0.717, 1.165) is 18.8 Å². The third-order valence-corrected chi connectivity index (χ3v) is 4.25. The van der Waals surface area contributed by atoms with Gasteiger partial charge in [0, 0.05) is 24.5 Å². The van der Waals surface area contributed by atoms with Crippen molar-refractivity contribution in [2.75, 3.05) is 29.9 Å². The van der Waals surface area contributed by atoms with Gasteiger partial charge in [-0.15, -0.1) is 0 Å². The molecule has 0 aliphatic heterocycles. The lowest BCUT2D eigenvalue weighted by Crippen LogP contribution is -2.22. The average Bonchev–Trinajstić information content (AvgIpc) is 2.68. The van der Waals surface area contributed by atoms with Gasteiger partial charge in [-0.2, -0.15) is 5.26 Å². The van der Waals surface area contributed by atoms with Gasteiger partial charge in [0.05, 0.1) is 16.1 Å². The maximum Gasteiger partial charge on any atom is 0.338 e. The fraction of sp³-hybridized carbons (Fsp3) is 0.250. The van der Waals surface area contributed by atoms with E-state index in [-0.39, 0.29) is 5.02 Å². The van der Waals surface area contributed by atoms with Crippen LogP contribution in [0.25, 0.3) is 0 Å². The molecule has 7 heteroatoms. The summed E-state index contributed by atoms with van der Waals surface area (Å²) in [5.41, 5.74) is 2.13. The monoisotopic (exact) mass is 385 g/mol. The molecular formula is C20H20ClN3O3. The van der Waals surface area contributed by atoms with E-state index in [0.29, 0.717) is 16.8 Å². The molecule has 0 heterocycles. The summed E-state index contributed by atoms with van der Waals surface area (Å²) in [4.78, 5) is 26.2. The Morgan fingerprint density at radius 2 is 1.81 bits per heavy atom. The molecule has 0 bridgehead atoms. The minimum atomic E-state index is -0.575. The molecule has 1 amide bonds. The minimum absolute atomic E-state index is 0.237. The summed E-state index contributed by atoms with van der Waals surface area (Å²) in [6.45, 7) is 5.45. The zero-order valence-electron chi connectivity index (χ0n) is 15.2. The number of nitriles is 1. The van der Waals surface area contributed by atoms with E-state index in [1.54, 1.807) is 18.2 Å². The van der Waals surface area contributed by atoms with E-state index in [9.17, 15) is 9.59 Å². The van der Waals surface area contributed by atoms with Crippen molar-refractivity contribution in [2.45, 2.75) is 13.8 Å². The van der Waals surface area contributed by atoms with Crippen LogP contribution in [0, 0.1) is 11.3 Å². The first kappa shape index (κ1) is 20.3. The second-order valence-corrected chi connectivity index (χ2v) is 6.06. The number of hydrogen-bond acceptors (Lipinski definition) is 5. The molecule has 0 atom stereocenters. The fourth-order valence-corrected chi connectivity index (χ4v) is 2.71. The first-order valence-electron chi connectivity index (χ1n) is 8.50. The lowest BCUT2D eigenvalue weighted by Gasteiger charge is -2.20. The maximum atomic E-state index is 12.1. The summed E-state index contributed by atoms with van der Waals surface area (Å²) in [5, 5.41) is 11.6. The number of anilines is 2. The number of nitrogens with one attached hydrogen (secondary N) is 1. The molecule has 27 heavy (non-hydrogen) atoms. The topological polar surface area (TPSA) is 82.4 Å². The summed E-state index contributed by atoms with van der Waals surface area (Å²) in [5.74, 6) is -1.07. The Labute approximate surface area is 163 Å². The van der Waals surface area contributed by atoms with Crippen molar-refractivity contribution in [3.05, 3.63) is 58.6 Å². The van der Waals surface area contributed by atoms with Crippen molar-refractivity contribution >= 4 is 34.9 Å². The van der Waals surface area contributed by atoms with E-state index in [4.69, 9.17) is 21.6 Å². The first-order valence-corrected chi connectivity index (χ1v) is 8.87. The van der Waals surface area contributed by atoms with Crippen LogP contribution in [-0.4, -0.2) is 31.6 Å². The molecule has 0 unspecified atom stereocenters. The second kappa shape index (κ2) is 9.60. The number of esters is 1. The third kappa shape index (κ3) is 5.47. The van der Waals surface area contributed by atoms with Crippen molar-refractivity contribution in [1.29, 1.82) is 5.26 Å². The van der Waals surface area contributed by atoms with Gasteiger partial charge in [-0.25, -0.2) is 4.79 Å². The average molecular weight is 386 g/mol. The fourth-order valence-electron chi connectivity index (χ4n) is 2.49. The molecule has 0 saturated heterocycles. The molecule has 2 aromatic rings. The molecule has 0 aliphatic carbocycles. The molecule has 140 valence electrons. The maximum absolute atomic E-state index is 12.1. The summed E-state index contributed by atoms with van der Waals surface area (Å²) in [6, 6.07) is 13.5. The molecule has 0 fully saturated rings. The Kier molecular flexibility index (Phi) is 7.21. The number of carbonyl (C=O) groups is 2. The molecule has 0 saturated carbocycles. The highest BCUT2D eigenvalue weighted by molar-refractivity contribution is 6.32. The Morgan fingerprint density at radius 1 is 1.15 bits per heavy atom.